The molecule has 1 saturated carbocycles. The Hall–Kier alpha value is -4.06. The number of fused-ring (bicyclic) bond motifs is 5. The smallest absolute Gasteiger partial charge is 0.337 e. The molecule has 0 spiro atoms. The maximum absolute atomic E-state index is 14.3. The number of methoxy groups -OCH3 is 1. The van der Waals surface area contributed by atoms with Crippen LogP contribution in [0.3, 0.4) is 0 Å². The first-order valence-corrected chi connectivity index (χ1v) is 15.5. The minimum atomic E-state index is -0.329. The van der Waals surface area contributed by atoms with Crippen molar-refractivity contribution < 1.29 is 14.3 Å². The molecule has 6 nitrogen and oxygen atoms in total. The Balaban J connectivity index is 1.29. The van der Waals surface area contributed by atoms with Gasteiger partial charge in [0.15, 0.2) is 0 Å². The van der Waals surface area contributed by atoms with Gasteiger partial charge in [-0.3, -0.25) is 4.79 Å². The quantitative estimate of drug-likeness (QED) is 0.261. The van der Waals surface area contributed by atoms with Gasteiger partial charge in [-0.05, 0) is 60.6 Å². The number of aromatic nitrogens is 1. The number of carbonyl (C=O) groups excluding carboxylic acids is 2. The second-order valence-corrected chi connectivity index (χ2v) is 12.1. The van der Waals surface area contributed by atoms with E-state index in [-0.39, 0.29) is 17.8 Å². The molecule has 2 aliphatic heterocycles. The number of hydrogen-bond donors (Lipinski definition) is 0. The third kappa shape index (κ3) is 4.77. The fourth-order valence-electron chi connectivity index (χ4n) is 7.63. The molecule has 0 radical (unpaired) electrons. The molecule has 0 bridgehead atoms. The SMILES string of the molecule is COC(=O)c1ccc2c(C3CCCCC3)c3n(c2c1)CC(C(=O)N1CCN(c2ccccc2)CC1)Cc1ccccc1-3. The zero-order valence-electron chi connectivity index (χ0n) is 24.4. The van der Waals surface area contributed by atoms with Crippen LogP contribution in [0.1, 0.15) is 59.5 Å². The summed E-state index contributed by atoms with van der Waals surface area (Å²) >= 11 is 0. The Kier molecular flexibility index (Phi) is 7.22. The van der Waals surface area contributed by atoms with Gasteiger partial charge in [0.25, 0.3) is 0 Å². The van der Waals surface area contributed by atoms with E-state index in [9.17, 15) is 9.59 Å². The predicted octanol–water partition coefficient (Wildman–Crippen LogP) is 6.66. The van der Waals surface area contributed by atoms with E-state index in [2.05, 4.69) is 69.0 Å². The monoisotopic (exact) mass is 561 g/mol. The van der Waals surface area contributed by atoms with Crippen LogP contribution in [-0.4, -0.2) is 54.6 Å². The number of amides is 1. The number of benzene rings is 3. The van der Waals surface area contributed by atoms with Crippen LogP contribution in [0.4, 0.5) is 5.69 Å². The standard InChI is InChI=1S/C36H39N3O3/c1-42-36(41)27-16-17-31-32(23-27)39-24-28(35(40)38-20-18-37(19-21-38)29-13-6-3-7-14-29)22-26-12-8-9-15-30(26)34(39)33(31)25-10-4-2-5-11-25/h3,6-9,12-17,23,25,28H,2,4-5,10-11,18-22,24H2,1H3. The summed E-state index contributed by atoms with van der Waals surface area (Å²) in [6.45, 7) is 3.74. The summed E-state index contributed by atoms with van der Waals surface area (Å²) < 4.78 is 7.47. The summed E-state index contributed by atoms with van der Waals surface area (Å²) in [5.41, 5.74) is 7.93. The second-order valence-electron chi connectivity index (χ2n) is 12.1. The maximum Gasteiger partial charge on any atom is 0.337 e. The van der Waals surface area contributed by atoms with Gasteiger partial charge in [0.05, 0.1) is 24.3 Å². The topological polar surface area (TPSA) is 54.8 Å². The van der Waals surface area contributed by atoms with Crippen LogP contribution < -0.4 is 4.90 Å². The molecule has 7 rings (SSSR count). The number of ether oxygens (including phenoxy) is 1. The Bertz CT molecular complexity index is 1610. The minimum absolute atomic E-state index is 0.174. The molecule has 3 aromatic carbocycles. The number of hydrogen-bond acceptors (Lipinski definition) is 4. The van der Waals surface area contributed by atoms with Crippen molar-refractivity contribution in [2.75, 3.05) is 38.2 Å². The molecule has 1 unspecified atom stereocenters. The highest BCUT2D eigenvalue weighted by Gasteiger charge is 2.35. The Morgan fingerprint density at radius 3 is 2.33 bits per heavy atom. The third-order valence-corrected chi connectivity index (χ3v) is 9.74. The highest BCUT2D eigenvalue weighted by molar-refractivity contribution is 5.99. The molecule has 3 heterocycles. The molecule has 3 aliphatic rings. The number of nitrogens with zero attached hydrogens (tertiary/aromatic N) is 3. The average molecular weight is 562 g/mol. The molecule has 2 fully saturated rings. The zero-order chi connectivity index (χ0) is 28.6. The van der Waals surface area contributed by atoms with Gasteiger partial charge >= 0.3 is 5.97 Å². The fourth-order valence-corrected chi connectivity index (χ4v) is 7.63. The van der Waals surface area contributed by atoms with Gasteiger partial charge < -0.3 is 19.1 Å². The summed E-state index contributed by atoms with van der Waals surface area (Å²) in [6, 6.07) is 25.2. The molecular weight excluding hydrogens is 522 g/mol. The summed E-state index contributed by atoms with van der Waals surface area (Å²) in [6.07, 6.45) is 6.87. The first-order valence-electron chi connectivity index (χ1n) is 15.5. The highest BCUT2D eigenvalue weighted by Crippen LogP contribution is 2.47. The van der Waals surface area contributed by atoms with Gasteiger partial charge in [0.2, 0.25) is 5.91 Å². The molecule has 1 atom stereocenters. The van der Waals surface area contributed by atoms with Gasteiger partial charge in [-0.1, -0.05) is 67.8 Å². The van der Waals surface area contributed by atoms with Crippen molar-refractivity contribution in [3.63, 3.8) is 0 Å². The molecule has 42 heavy (non-hydrogen) atoms. The van der Waals surface area contributed by atoms with E-state index in [1.54, 1.807) is 0 Å². The maximum atomic E-state index is 14.3. The summed E-state index contributed by atoms with van der Waals surface area (Å²) in [4.78, 5) is 31.3. The van der Waals surface area contributed by atoms with Gasteiger partial charge in [-0.2, -0.15) is 0 Å². The van der Waals surface area contributed by atoms with Crippen LogP contribution in [0.15, 0.2) is 72.8 Å². The molecule has 1 aromatic heterocycles. The molecule has 4 aromatic rings. The van der Waals surface area contributed by atoms with E-state index in [0.717, 1.165) is 38.1 Å². The lowest BCUT2D eigenvalue weighted by molar-refractivity contribution is -0.136. The van der Waals surface area contributed by atoms with Crippen LogP contribution in [0, 0.1) is 5.92 Å². The lowest BCUT2D eigenvalue weighted by atomic mass is 9.81. The van der Waals surface area contributed by atoms with Gasteiger partial charge in [0, 0.05) is 54.9 Å². The molecule has 1 aliphatic carbocycles. The molecular formula is C36H39N3O3. The first kappa shape index (κ1) is 26.8. The van der Waals surface area contributed by atoms with E-state index in [1.165, 1.54) is 72.7 Å². The Labute approximate surface area is 247 Å². The largest absolute Gasteiger partial charge is 0.465 e. The van der Waals surface area contributed by atoms with E-state index >= 15 is 0 Å². The lowest BCUT2D eigenvalue weighted by Gasteiger charge is -2.37. The number of rotatable bonds is 4. The van der Waals surface area contributed by atoms with Crippen molar-refractivity contribution in [2.24, 2.45) is 5.92 Å². The Morgan fingerprint density at radius 2 is 1.57 bits per heavy atom. The summed E-state index contributed by atoms with van der Waals surface area (Å²) in [5.74, 6) is 0.209. The van der Waals surface area contributed by atoms with Crippen molar-refractivity contribution in [3.05, 3.63) is 89.5 Å². The molecule has 1 amide bonds. The normalized spacial score (nSPS) is 19.2. The van der Waals surface area contributed by atoms with E-state index in [0.29, 0.717) is 18.0 Å². The van der Waals surface area contributed by atoms with Gasteiger partial charge in [0.1, 0.15) is 0 Å². The van der Waals surface area contributed by atoms with E-state index in [4.69, 9.17) is 4.74 Å². The average Bonchev–Trinajstić information content (AvgIpc) is 3.27. The lowest BCUT2D eigenvalue weighted by Crippen LogP contribution is -2.51. The minimum Gasteiger partial charge on any atom is -0.465 e. The van der Waals surface area contributed by atoms with Gasteiger partial charge in [-0.15, -0.1) is 0 Å². The van der Waals surface area contributed by atoms with Gasteiger partial charge in [-0.25, -0.2) is 4.79 Å². The van der Waals surface area contributed by atoms with Crippen LogP contribution in [0.2, 0.25) is 0 Å². The number of para-hydroxylation sites is 1. The molecule has 216 valence electrons. The fraction of sp³-hybridized carbons (Fsp3) is 0.389. The second kappa shape index (κ2) is 11.3. The van der Waals surface area contributed by atoms with Crippen molar-refractivity contribution >= 4 is 28.5 Å². The van der Waals surface area contributed by atoms with Crippen LogP contribution in [0.5, 0.6) is 0 Å². The van der Waals surface area contributed by atoms with Crippen LogP contribution in [0.25, 0.3) is 22.2 Å². The summed E-state index contributed by atoms with van der Waals surface area (Å²) in [7, 11) is 1.43. The molecule has 0 N–H and O–H groups in total. The van der Waals surface area contributed by atoms with Crippen molar-refractivity contribution in [1.82, 2.24) is 9.47 Å². The van der Waals surface area contributed by atoms with Crippen molar-refractivity contribution in [1.29, 1.82) is 0 Å². The highest BCUT2D eigenvalue weighted by atomic mass is 16.5. The van der Waals surface area contributed by atoms with E-state index < -0.39 is 0 Å². The zero-order valence-corrected chi connectivity index (χ0v) is 24.4. The van der Waals surface area contributed by atoms with E-state index in [1.807, 2.05) is 18.2 Å². The van der Waals surface area contributed by atoms with Crippen molar-refractivity contribution in [3.8, 4) is 11.3 Å². The van der Waals surface area contributed by atoms with Crippen molar-refractivity contribution in [2.45, 2.75) is 51.0 Å². The number of anilines is 1. The number of piperazine rings is 1. The van der Waals surface area contributed by atoms with Crippen LogP contribution in [-0.2, 0) is 22.5 Å². The third-order valence-electron chi connectivity index (χ3n) is 9.74. The summed E-state index contributed by atoms with van der Waals surface area (Å²) in [5, 5.41) is 1.21. The Morgan fingerprint density at radius 1 is 0.833 bits per heavy atom. The molecule has 6 heteroatoms. The number of esters is 1. The van der Waals surface area contributed by atoms with Crippen LogP contribution >= 0.6 is 0 Å². The predicted molar refractivity (Wildman–Crippen MR) is 167 cm³/mol. The first-order chi connectivity index (χ1) is 20.6. The number of carbonyl (C=O) groups is 2. The molecule has 1 saturated heterocycles.